The van der Waals surface area contributed by atoms with Crippen molar-refractivity contribution in [2.45, 2.75) is 69.4 Å². The summed E-state index contributed by atoms with van der Waals surface area (Å²) >= 11 is 0. The molecular formula is C37H49Cl2N5O5. The summed E-state index contributed by atoms with van der Waals surface area (Å²) in [6.45, 7) is 9.66. The van der Waals surface area contributed by atoms with E-state index in [-0.39, 0.29) is 54.8 Å². The number of hydrogen-bond acceptors (Lipinski definition) is 9. The summed E-state index contributed by atoms with van der Waals surface area (Å²) in [5.41, 5.74) is 3.45. The fraction of sp³-hybridized carbons (Fsp3) is 0.541. The first-order chi connectivity index (χ1) is 23.0. The Labute approximate surface area is 302 Å². The maximum atomic E-state index is 13.6. The number of hydrogen-bond donors (Lipinski definition) is 0. The van der Waals surface area contributed by atoms with Gasteiger partial charge < -0.3 is 23.8 Å². The van der Waals surface area contributed by atoms with E-state index < -0.39 is 6.10 Å². The van der Waals surface area contributed by atoms with Gasteiger partial charge >= 0.3 is 0 Å². The molecule has 1 saturated carbocycles. The molecule has 10 nitrogen and oxygen atoms in total. The van der Waals surface area contributed by atoms with Crippen LogP contribution in [0.5, 0.6) is 11.8 Å². The summed E-state index contributed by atoms with van der Waals surface area (Å²) in [6.07, 6.45) is 1.63. The number of halogens is 2. The molecule has 7 rings (SSSR count). The maximum Gasteiger partial charge on any atom is 0.254 e. The number of piperazine rings is 2. The predicted octanol–water partition coefficient (Wildman–Crippen LogP) is 4.94. The van der Waals surface area contributed by atoms with Crippen molar-refractivity contribution in [3.05, 3.63) is 83.2 Å². The van der Waals surface area contributed by atoms with E-state index in [0.717, 1.165) is 43.9 Å². The van der Waals surface area contributed by atoms with Gasteiger partial charge in [0.1, 0.15) is 5.82 Å². The first-order valence-corrected chi connectivity index (χ1v) is 17.2. The lowest BCUT2D eigenvalue weighted by atomic mass is 9.81. The number of ether oxygens (including phenoxy) is 4. The molecule has 12 heteroatoms. The van der Waals surface area contributed by atoms with Crippen LogP contribution in [0.3, 0.4) is 0 Å². The van der Waals surface area contributed by atoms with Crippen LogP contribution < -0.4 is 9.47 Å². The molecule has 3 atom stereocenters. The number of carbonyl (C=O) groups is 1. The third-order valence-corrected chi connectivity index (χ3v) is 9.79. The largest absolute Gasteiger partial charge is 0.481 e. The van der Waals surface area contributed by atoms with Gasteiger partial charge in [0.25, 0.3) is 5.91 Å². The Morgan fingerprint density at radius 1 is 0.898 bits per heavy atom. The number of methoxy groups -OCH3 is 1. The average Bonchev–Trinajstić information content (AvgIpc) is 3.96. The van der Waals surface area contributed by atoms with E-state index in [9.17, 15) is 4.79 Å². The Morgan fingerprint density at radius 2 is 1.57 bits per heavy atom. The molecule has 1 amide bonds. The lowest BCUT2D eigenvalue weighted by molar-refractivity contribution is -0.162. The highest BCUT2D eigenvalue weighted by Crippen LogP contribution is 2.42. The van der Waals surface area contributed by atoms with Gasteiger partial charge in [-0.2, -0.15) is 9.97 Å². The van der Waals surface area contributed by atoms with Crippen LogP contribution in [0.15, 0.2) is 60.7 Å². The number of nitrogens with zero attached hydrogens (tertiary/aromatic N) is 5. The Bertz CT molecular complexity index is 1470. The molecule has 4 heterocycles. The Morgan fingerprint density at radius 3 is 2.16 bits per heavy atom. The van der Waals surface area contributed by atoms with Crippen LogP contribution in [-0.2, 0) is 20.8 Å². The maximum absolute atomic E-state index is 13.6. The zero-order valence-corrected chi connectivity index (χ0v) is 30.2. The molecule has 0 spiro atoms. The van der Waals surface area contributed by atoms with Crippen molar-refractivity contribution in [3.8, 4) is 11.8 Å². The molecule has 3 saturated heterocycles. The van der Waals surface area contributed by atoms with Gasteiger partial charge in [-0.05, 0) is 37.8 Å². The molecule has 0 radical (unpaired) electrons. The van der Waals surface area contributed by atoms with Crippen LogP contribution in [0, 0.1) is 0 Å². The molecule has 49 heavy (non-hydrogen) atoms. The van der Waals surface area contributed by atoms with Gasteiger partial charge in [0.15, 0.2) is 6.10 Å². The SMILES string of the molecule is COc1nc(C2CC2)nc(OC(C)C)c1CN1C[C@@H]2CN(C(=O)C3COCCO3)CCN2[C@H](C(c2ccccc2)c2ccccc2)C1.Cl.Cl. The monoisotopic (exact) mass is 713 g/mol. The van der Waals surface area contributed by atoms with Gasteiger partial charge in [-0.3, -0.25) is 14.6 Å². The standard InChI is InChI=1S/C37H47N5O5.2ClH/c1-25(2)47-36-30(35(44-3)38-34(39-36)28-14-15-28)22-40-20-29-21-41(37(43)32-24-45-18-19-46-32)16-17-42(29)31(23-40)33(26-10-6-4-7-11-26)27-12-8-5-9-13-27;;/h4-13,25,28-29,31-33H,14-24H2,1-3H3;2*1H/t29-,31+,32?;;/m1../s1. The van der Waals surface area contributed by atoms with E-state index in [1.165, 1.54) is 11.1 Å². The van der Waals surface area contributed by atoms with Gasteiger partial charge in [0.05, 0.1) is 38.6 Å². The number of rotatable bonds is 10. The first-order valence-electron chi connectivity index (χ1n) is 17.2. The minimum Gasteiger partial charge on any atom is -0.481 e. The Kier molecular flexibility index (Phi) is 12.8. The fourth-order valence-electron chi connectivity index (χ4n) is 7.46. The second-order valence-corrected chi connectivity index (χ2v) is 13.5. The van der Waals surface area contributed by atoms with Gasteiger partial charge in [0.2, 0.25) is 11.8 Å². The molecule has 2 aromatic carbocycles. The Balaban J connectivity index is 0.00000234. The third-order valence-electron chi connectivity index (χ3n) is 9.79. The molecular weight excluding hydrogens is 665 g/mol. The minimum absolute atomic E-state index is 0. The second kappa shape index (κ2) is 16.8. The van der Waals surface area contributed by atoms with Crippen molar-refractivity contribution in [2.24, 2.45) is 0 Å². The van der Waals surface area contributed by atoms with Crippen molar-refractivity contribution < 1.29 is 23.7 Å². The lowest BCUT2D eigenvalue weighted by Crippen LogP contribution is -2.68. The second-order valence-electron chi connectivity index (χ2n) is 13.5. The van der Waals surface area contributed by atoms with E-state index >= 15 is 0 Å². The highest BCUT2D eigenvalue weighted by Gasteiger charge is 2.44. The highest BCUT2D eigenvalue weighted by molar-refractivity contribution is 5.85. The average molecular weight is 715 g/mol. The summed E-state index contributed by atoms with van der Waals surface area (Å²) in [4.78, 5) is 30.6. The highest BCUT2D eigenvalue weighted by atomic mass is 35.5. The van der Waals surface area contributed by atoms with Crippen LogP contribution in [0.1, 0.15) is 61.0 Å². The molecule has 1 unspecified atom stereocenters. The van der Waals surface area contributed by atoms with Gasteiger partial charge in [-0.15, -0.1) is 24.8 Å². The zero-order valence-electron chi connectivity index (χ0n) is 28.6. The minimum atomic E-state index is -0.533. The van der Waals surface area contributed by atoms with Crippen LogP contribution in [-0.4, -0.2) is 115 Å². The molecule has 266 valence electrons. The summed E-state index contributed by atoms with van der Waals surface area (Å²) < 4.78 is 23.7. The Hall–Kier alpha value is -2.99. The molecule has 3 aromatic rings. The fourth-order valence-corrected chi connectivity index (χ4v) is 7.46. The summed E-state index contributed by atoms with van der Waals surface area (Å²) in [7, 11) is 1.69. The number of amides is 1. The number of aromatic nitrogens is 2. The molecule has 4 aliphatic rings. The van der Waals surface area contributed by atoms with Crippen LogP contribution in [0.2, 0.25) is 0 Å². The molecule has 4 fully saturated rings. The van der Waals surface area contributed by atoms with Crippen molar-refractivity contribution in [1.82, 2.24) is 24.7 Å². The number of benzene rings is 2. The van der Waals surface area contributed by atoms with Crippen molar-refractivity contribution in [3.63, 3.8) is 0 Å². The van der Waals surface area contributed by atoms with Crippen molar-refractivity contribution in [2.75, 3.05) is 59.7 Å². The van der Waals surface area contributed by atoms with Crippen molar-refractivity contribution in [1.29, 1.82) is 0 Å². The molecule has 0 N–H and O–H groups in total. The summed E-state index contributed by atoms with van der Waals surface area (Å²) in [6, 6.07) is 21.9. The summed E-state index contributed by atoms with van der Waals surface area (Å²) in [5, 5.41) is 0. The smallest absolute Gasteiger partial charge is 0.254 e. The molecule has 1 aromatic heterocycles. The number of fused-ring (bicyclic) bond motifs is 1. The third kappa shape index (κ3) is 8.49. The van der Waals surface area contributed by atoms with Gasteiger partial charge in [0, 0.05) is 63.2 Å². The van der Waals surface area contributed by atoms with Gasteiger partial charge in [-0.25, -0.2) is 0 Å². The van der Waals surface area contributed by atoms with Crippen molar-refractivity contribution >= 4 is 30.7 Å². The van der Waals surface area contributed by atoms with Crippen LogP contribution >= 0.6 is 24.8 Å². The van der Waals surface area contributed by atoms with E-state index in [1.54, 1.807) is 7.11 Å². The van der Waals surface area contributed by atoms with Crippen LogP contribution in [0.25, 0.3) is 0 Å². The zero-order chi connectivity index (χ0) is 32.3. The molecule has 1 aliphatic carbocycles. The van der Waals surface area contributed by atoms with Crippen LogP contribution in [0.4, 0.5) is 0 Å². The topological polar surface area (TPSA) is 89.5 Å². The quantitative estimate of drug-likeness (QED) is 0.290. The first kappa shape index (κ1) is 37.3. The van der Waals surface area contributed by atoms with E-state index in [0.29, 0.717) is 57.1 Å². The predicted molar refractivity (Wildman–Crippen MR) is 192 cm³/mol. The lowest BCUT2D eigenvalue weighted by Gasteiger charge is -2.54. The molecule has 3 aliphatic heterocycles. The van der Waals surface area contributed by atoms with E-state index in [4.69, 9.17) is 28.9 Å². The van der Waals surface area contributed by atoms with E-state index in [2.05, 4.69) is 70.5 Å². The summed E-state index contributed by atoms with van der Waals surface area (Å²) in [5.74, 6) is 2.56. The van der Waals surface area contributed by atoms with Gasteiger partial charge in [-0.1, -0.05) is 60.7 Å². The normalized spacial score (nSPS) is 23.0. The number of carbonyl (C=O) groups excluding carboxylic acids is 1. The van der Waals surface area contributed by atoms with E-state index in [1.807, 2.05) is 18.7 Å². The molecule has 0 bridgehead atoms.